The van der Waals surface area contributed by atoms with E-state index in [1.54, 1.807) is 36.2 Å². The maximum absolute atomic E-state index is 13.0. The molecule has 0 unspecified atom stereocenters. The first kappa shape index (κ1) is 19.6. The van der Waals surface area contributed by atoms with Crippen LogP contribution in [0, 0.1) is 12.7 Å². The first-order chi connectivity index (χ1) is 14.6. The highest BCUT2D eigenvalue weighted by Crippen LogP contribution is 2.32. The van der Waals surface area contributed by atoms with Crippen molar-refractivity contribution in [1.29, 1.82) is 0 Å². The fourth-order valence-corrected chi connectivity index (χ4v) is 3.39. The number of amides is 1. The summed E-state index contributed by atoms with van der Waals surface area (Å²) in [4.78, 5) is 17.2. The summed E-state index contributed by atoms with van der Waals surface area (Å²) in [6.45, 7) is 2.27. The van der Waals surface area contributed by atoms with E-state index >= 15 is 0 Å². The highest BCUT2D eigenvalue weighted by molar-refractivity contribution is 5.95. The van der Waals surface area contributed by atoms with Gasteiger partial charge in [0.05, 0.1) is 30.1 Å². The molecule has 0 aliphatic rings. The Labute approximate surface area is 173 Å². The van der Waals surface area contributed by atoms with Crippen molar-refractivity contribution in [3.8, 4) is 16.9 Å². The largest absolute Gasteiger partial charge is 0.496 e. The molecule has 0 aliphatic carbocycles. The van der Waals surface area contributed by atoms with Crippen molar-refractivity contribution in [3.05, 3.63) is 83.6 Å². The van der Waals surface area contributed by atoms with E-state index in [1.807, 2.05) is 31.2 Å². The zero-order valence-electron chi connectivity index (χ0n) is 16.7. The summed E-state index contributed by atoms with van der Waals surface area (Å²) in [7, 11) is 1.62. The van der Waals surface area contributed by atoms with Gasteiger partial charge < -0.3 is 10.1 Å². The van der Waals surface area contributed by atoms with Crippen LogP contribution < -0.4 is 10.1 Å². The van der Waals surface area contributed by atoms with Gasteiger partial charge in [0.1, 0.15) is 11.6 Å². The Hall–Kier alpha value is -3.74. The molecule has 2 aromatic carbocycles. The third-order valence-corrected chi connectivity index (χ3v) is 5.02. The number of carbonyl (C=O) groups is 1. The third kappa shape index (κ3) is 3.74. The van der Waals surface area contributed by atoms with Gasteiger partial charge in [-0.3, -0.25) is 4.79 Å². The van der Waals surface area contributed by atoms with E-state index in [2.05, 4.69) is 15.4 Å². The number of hydrogen-bond acceptors (Lipinski definition) is 4. The second-order valence-corrected chi connectivity index (χ2v) is 6.88. The lowest BCUT2D eigenvalue weighted by atomic mass is 10.1. The topological polar surface area (TPSA) is 68.5 Å². The minimum absolute atomic E-state index is 0.224. The van der Waals surface area contributed by atoms with Crippen molar-refractivity contribution < 1.29 is 13.9 Å². The number of aryl methyl sites for hydroxylation is 1. The number of ether oxygens (including phenoxy) is 1. The number of benzene rings is 2. The van der Waals surface area contributed by atoms with Crippen molar-refractivity contribution >= 4 is 11.6 Å². The van der Waals surface area contributed by atoms with Crippen molar-refractivity contribution in [1.82, 2.24) is 19.9 Å². The van der Waals surface area contributed by atoms with E-state index in [9.17, 15) is 9.18 Å². The minimum atomic E-state index is -0.274. The average molecular weight is 404 g/mol. The molecule has 2 heterocycles. The number of nitrogens with one attached hydrogen (secondary N) is 1. The van der Waals surface area contributed by atoms with Crippen LogP contribution in [-0.2, 0) is 6.42 Å². The summed E-state index contributed by atoms with van der Waals surface area (Å²) in [5, 5.41) is 7.32. The lowest BCUT2D eigenvalue weighted by Gasteiger charge is -2.10. The first-order valence-corrected chi connectivity index (χ1v) is 9.58. The lowest BCUT2D eigenvalue weighted by Crippen LogP contribution is -2.27. The highest BCUT2D eigenvalue weighted by atomic mass is 19.1. The molecule has 0 bridgehead atoms. The molecule has 30 heavy (non-hydrogen) atoms. The minimum Gasteiger partial charge on any atom is -0.496 e. The number of halogens is 1. The maximum atomic E-state index is 13.0. The molecule has 1 N–H and O–H groups in total. The SMILES string of the molecule is COc1ccccc1-c1cnn2c(C)c(C(=O)NCCc3ccc(F)cc3)cnc12. The molecule has 0 saturated heterocycles. The van der Waals surface area contributed by atoms with Crippen LogP contribution in [0.3, 0.4) is 0 Å². The number of hydrogen-bond donors (Lipinski definition) is 1. The molecule has 4 rings (SSSR count). The van der Waals surface area contributed by atoms with Crippen LogP contribution in [0.1, 0.15) is 21.6 Å². The zero-order chi connectivity index (χ0) is 21.1. The standard InChI is InChI=1S/C23H21FN4O2/c1-15-19(23(29)25-12-11-16-7-9-17(24)10-8-16)13-26-22-20(14-27-28(15)22)18-5-3-4-6-21(18)30-2/h3-10,13-14H,11-12H2,1-2H3,(H,25,29). The van der Waals surface area contributed by atoms with E-state index in [0.29, 0.717) is 29.9 Å². The van der Waals surface area contributed by atoms with E-state index in [4.69, 9.17) is 4.74 Å². The molecule has 0 atom stereocenters. The molecule has 1 amide bonds. The van der Waals surface area contributed by atoms with Crippen LogP contribution in [0.5, 0.6) is 5.75 Å². The van der Waals surface area contributed by atoms with Gasteiger partial charge in [0.25, 0.3) is 5.91 Å². The van der Waals surface area contributed by atoms with E-state index < -0.39 is 0 Å². The van der Waals surface area contributed by atoms with Gasteiger partial charge in [-0.1, -0.05) is 30.3 Å². The van der Waals surface area contributed by atoms with Crippen LogP contribution in [0.15, 0.2) is 60.9 Å². The number of fused-ring (bicyclic) bond motifs is 1. The van der Waals surface area contributed by atoms with Gasteiger partial charge in [-0.25, -0.2) is 13.9 Å². The summed E-state index contributed by atoms with van der Waals surface area (Å²) in [6.07, 6.45) is 3.91. The van der Waals surface area contributed by atoms with Crippen LogP contribution in [0.25, 0.3) is 16.8 Å². The molecule has 0 spiro atoms. The molecule has 4 aromatic rings. The molecule has 7 heteroatoms. The van der Waals surface area contributed by atoms with Gasteiger partial charge >= 0.3 is 0 Å². The maximum Gasteiger partial charge on any atom is 0.254 e. The number of nitrogens with zero attached hydrogens (tertiary/aromatic N) is 3. The van der Waals surface area contributed by atoms with Gasteiger partial charge in [-0.15, -0.1) is 0 Å². The van der Waals surface area contributed by atoms with Gasteiger partial charge in [-0.2, -0.15) is 5.10 Å². The second-order valence-electron chi connectivity index (χ2n) is 6.88. The molecule has 0 aliphatic heterocycles. The Kier molecular flexibility index (Phi) is 5.43. The number of methoxy groups -OCH3 is 1. The van der Waals surface area contributed by atoms with Gasteiger partial charge in [0.15, 0.2) is 5.65 Å². The molecule has 6 nitrogen and oxygen atoms in total. The Morgan fingerprint density at radius 3 is 2.63 bits per heavy atom. The fourth-order valence-electron chi connectivity index (χ4n) is 3.39. The molecule has 152 valence electrons. The lowest BCUT2D eigenvalue weighted by molar-refractivity contribution is 0.0952. The molecule has 0 fully saturated rings. The molecular weight excluding hydrogens is 383 g/mol. The summed E-state index contributed by atoms with van der Waals surface area (Å²) in [5.74, 6) is 0.234. The predicted octanol–water partition coefficient (Wildman–Crippen LogP) is 3.82. The Balaban J connectivity index is 1.55. The van der Waals surface area contributed by atoms with Crippen LogP contribution in [-0.4, -0.2) is 34.2 Å². The van der Waals surface area contributed by atoms with E-state index in [-0.39, 0.29) is 11.7 Å². The zero-order valence-corrected chi connectivity index (χ0v) is 16.7. The molecule has 2 aromatic heterocycles. The first-order valence-electron chi connectivity index (χ1n) is 9.58. The summed E-state index contributed by atoms with van der Waals surface area (Å²) in [6, 6.07) is 13.9. The molecule has 0 saturated carbocycles. The average Bonchev–Trinajstić information content (AvgIpc) is 3.20. The monoisotopic (exact) mass is 404 g/mol. The Morgan fingerprint density at radius 1 is 1.10 bits per heavy atom. The number of rotatable bonds is 6. The number of aromatic nitrogens is 3. The normalized spacial score (nSPS) is 10.9. The van der Waals surface area contributed by atoms with E-state index in [1.165, 1.54) is 12.1 Å². The summed E-state index contributed by atoms with van der Waals surface area (Å²) in [5.41, 5.74) is 4.48. The molecular formula is C23H21FN4O2. The van der Waals surface area contributed by atoms with Crippen LogP contribution in [0.4, 0.5) is 4.39 Å². The van der Waals surface area contributed by atoms with Gasteiger partial charge in [0.2, 0.25) is 0 Å². The Bertz CT molecular complexity index is 1200. The highest BCUT2D eigenvalue weighted by Gasteiger charge is 2.17. The summed E-state index contributed by atoms with van der Waals surface area (Å²) >= 11 is 0. The van der Waals surface area contributed by atoms with Crippen molar-refractivity contribution in [3.63, 3.8) is 0 Å². The van der Waals surface area contributed by atoms with Crippen molar-refractivity contribution in [2.45, 2.75) is 13.3 Å². The van der Waals surface area contributed by atoms with Crippen molar-refractivity contribution in [2.24, 2.45) is 0 Å². The fraction of sp³-hybridized carbons (Fsp3) is 0.174. The van der Waals surface area contributed by atoms with Crippen LogP contribution in [0.2, 0.25) is 0 Å². The number of carbonyl (C=O) groups excluding carboxylic acids is 1. The predicted molar refractivity (Wildman–Crippen MR) is 112 cm³/mol. The Morgan fingerprint density at radius 2 is 1.87 bits per heavy atom. The molecule has 0 radical (unpaired) electrons. The second kappa shape index (κ2) is 8.32. The third-order valence-electron chi connectivity index (χ3n) is 5.02. The number of para-hydroxylation sites is 1. The van der Waals surface area contributed by atoms with Gasteiger partial charge in [-0.05, 0) is 37.1 Å². The van der Waals surface area contributed by atoms with Crippen molar-refractivity contribution in [2.75, 3.05) is 13.7 Å². The van der Waals surface area contributed by atoms with Crippen LogP contribution >= 0.6 is 0 Å². The summed E-state index contributed by atoms with van der Waals surface area (Å²) < 4.78 is 20.1. The smallest absolute Gasteiger partial charge is 0.254 e. The van der Waals surface area contributed by atoms with Gasteiger partial charge in [0, 0.05) is 18.3 Å². The quantitative estimate of drug-likeness (QED) is 0.530. The van der Waals surface area contributed by atoms with E-state index in [0.717, 1.165) is 22.4 Å².